The van der Waals surface area contributed by atoms with Crippen LogP contribution >= 0.6 is 23.1 Å². The topological polar surface area (TPSA) is 85.1 Å². The number of nitrogens with one attached hydrogen (secondary N) is 1. The molecule has 0 saturated heterocycles. The number of thioether (sulfide) groups is 1. The monoisotopic (exact) mass is 558 g/mol. The summed E-state index contributed by atoms with van der Waals surface area (Å²) < 4.78 is 2.93. The van der Waals surface area contributed by atoms with E-state index in [4.69, 9.17) is 9.97 Å². The van der Waals surface area contributed by atoms with Gasteiger partial charge in [0, 0.05) is 17.1 Å². The molecule has 0 aliphatic heterocycles. The summed E-state index contributed by atoms with van der Waals surface area (Å²) in [4.78, 5) is 23.8. The van der Waals surface area contributed by atoms with Crippen molar-refractivity contribution in [3.05, 3.63) is 59.0 Å². The molecule has 9 heteroatoms. The van der Waals surface area contributed by atoms with Gasteiger partial charge in [-0.05, 0) is 74.5 Å². The number of aromatic nitrogens is 5. The standard InChI is InChI=1S/C30H34N6OS2/c1-18(2)15-23-21-11-7-8-12-22(21)25-26-27(39-29(25)33-23)28-34-35-30(36(28)17-31-26)38-16-24(37)32-19(3)13-14-20-9-5-4-6-10-20/h4-6,9-10,17-19H,7-8,11-16H2,1-3H3,(H,32,37)/t19-/m0/s1. The lowest BCUT2D eigenvalue weighted by Crippen LogP contribution is -2.34. The summed E-state index contributed by atoms with van der Waals surface area (Å²) in [5.41, 5.74) is 7.21. The van der Waals surface area contributed by atoms with Gasteiger partial charge in [0.1, 0.15) is 15.9 Å². The van der Waals surface area contributed by atoms with Gasteiger partial charge in [-0.3, -0.25) is 9.20 Å². The van der Waals surface area contributed by atoms with Crippen molar-refractivity contribution in [3.63, 3.8) is 0 Å². The van der Waals surface area contributed by atoms with Crippen molar-refractivity contribution in [3.8, 4) is 0 Å². The minimum absolute atomic E-state index is 0.00159. The van der Waals surface area contributed by atoms with E-state index in [1.54, 1.807) is 11.3 Å². The van der Waals surface area contributed by atoms with Gasteiger partial charge in [0.2, 0.25) is 5.91 Å². The number of pyridine rings is 1. The molecule has 5 aromatic rings. The summed E-state index contributed by atoms with van der Waals surface area (Å²) in [6, 6.07) is 10.5. The number of hydrogen-bond acceptors (Lipinski definition) is 7. The van der Waals surface area contributed by atoms with Crippen LogP contribution < -0.4 is 5.32 Å². The normalized spacial score (nSPS) is 14.4. The molecule has 0 saturated carbocycles. The third-order valence-electron chi connectivity index (χ3n) is 7.44. The summed E-state index contributed by atoms with van der Waals surface area (Å²) >= 11 is 3.06. The van der Waals surface area contributed by atoms with Gasteiger partial charge in [0.05, 0.1) is 11.3 Å². The number of aryl methyl sites for hydroxylation is 2. The number of thiophene rings is 1. The Kier molecular flexibility index (Phi) is 7.53. The molecule has 4 heterocycles. The molecule has 7 nitrogen and oxygen atoms in total. The average Bonchev–Trinajstić information content (AvgIpc) is 3.52. The van der Waals surface area contributed by atoms with Crippen molar-refractivity contribution in [2.75, 3.05) is 5.75 Å². The second-order valence-electron chi connectivity index (χ2n) is 11.0. The molecule has 1 aliphatic carbocycles. The Labute approximate surface area is 236 Å². The molecule has 1 aliphatic rings. The number of nitrogens with zero attached hydrogens (tertiary/aromatic N) is 5. The Morgan fingerprint density at radius 2 is 1.90 bits per heavy atom. The second-order valence-corrected chi connectivity index (χ2v) is 12.9. The van der Waals surface area contributed by atoms with Crippen molar-refractivity contribution in [2.24, 2.45) is 5.92 Å². The van der Waals surface area contributed by atoms with E-state index in [9.17, 15) is 4.79 Å². The van der Waals surface area contributed by atoms with Gasteiger partial charge in [-0.2, -0.15) is 0 Å². The van der Waals surface area contributed by atoms with Crippen LogP contribution in [0.2, 0.25) is 0 Å². The van der Waals surface area contributed by atoms with E-state index in [0.29, 0.717) is 11.1 Å². The number of benzene rings is 1. The molecular weight excluding hydrogens is 525 g/mol. The van der Waals surface area contributed by atoms with E-state index in [1.807, 2.05) is 28.9 Å². The molecular formula is C30H34N6OS2. The predicted octanol–water partition coefficient (Wildman–Crippen LogP) is 6.19. The number of carbonyl (C=O) groups excluding carboxylic acids is 1. The molecule has 4 aromatic heterocycles. The fraction of sp³-hybridized carbons (Fsp3) is 0.433. The van der Waals surface area contributed by atoms with Gasteiger partial charge >= 0.3 is 0 Å². The summed E-state index contributed by atoms with van der Waals surface area (Å²) in [6.07, 6.45) is 9.30. The third kappa shape index (κ3) is 5.39. The highest BCUT2D eigenvalue weighted by Gasteiger charge is 2.24. The maximum absolute atomic E-state index is 12.7. The van der Waals surface area contributed by atoms with Gasteiger partial charge in [0.15, 0.2) is 10.8 Å². The predicted molar refractivity (Wildman–Crippen MR) is 160 cm³/mol. The first-order valence-electron chi connectivity index (χ1n) is 13.9. The Bertz CT molecular complexity index is 1640. The smallest absolute Gasteiger partial charge is 0.230 e. The molecule has 1 amide bonds. The number of fused-ring (bicyclic) bond motifs is 7. The van der Waals surface area contributed by atoms with E-state index >= 15 is 0 Å². The minimum Gasteiger partial charge on any atom is -0.353 e. The lowest BCUT2D eigenvalue weighted by atomic mass is 9.87. The summed E-state index contributed by atoms with van der Waals surface area (Å²) in [6.45, 7) is 6.58. The summed E-state index contributed by atoms with van der Waals surface area (Å²) in [5.74, 6) is 0.858. The fourth-order valence-corrected chi connectivity index (χ4v) is 7.45. The molecule has 0 fully saturated rings. The van der Waals surface area contributed by atoms with Crippen LogP contribution in [0.4, 0.5) is 0 Å². The highest BCUT2D eigenvalue weighted by Crippen LogP contribution is 2.40. The van der Waals surface area contributed by atoms with Gasteiger partial charge in [0.25, 0.3) is 0 Å². The number of rotatable bonds is 9. The van der Waals surface area contributed by atoms with Crippen molar-refractivity contribution < 1.29 is 4.79 Å². The molecule has 1 N–H and O–H groups in total. The molecule has 1 atom stereocenters. The zero-order valence-electron chi connectivity index (χ0n) is 22.7. The zero-order valence-corrected chi connectivity index (χ0v) is 24.4. The zero-order chi connectivity index (χ0) is 26.9. The van der Waals surface area contributed by atoms with E-state index in [1.165, 1.54) is 52.4 Å². The first-order valence-corrected chi connectivity index (χ1v) is 15.7. The highest BCUT2D eigenvalue weighted by molar-refractivity contribution is 7.99. The van der Waals surface area contributed by atoms with Crippen molar-refractivity contribution in [1.82, 2.24) is 29.9 Å². The van der Waals surface area contributed by atoms with Crippen molar-refractivity contribution in [2.45, 2.75) is 76.9 Å². The number of amides is 1. The van der Waals surface area contributed by atoms with Crippen molar-refractivity contribution >= 4 is 55.1 Å². The molecule has 0 radical (unpaired) electrons. The van der Waals surface area contributed by atoms with E-state index in [0.717, 1.165) is 52.8 Å². The van der Waals surface area contributed by atoms with E-state index < -0.39 is 0 Å². The van der Waals surface area contributed by atoms with Crippen LogP contribution in [0.5, 0.6) is 0 Å². The maximum Gasteiger partial charge on any atom is 0.230 e. The van der Waals surface area contributed by atoms with Crippen LogP contribution in [0, 0.1) is 5.92 Å². The van der Waals surface area contributed by atoms with Gasteiger partial charge in [-0.15, -0.1) is 21.5 Å². The fourth-order valence-electron chi connectivity index (χ4n) is 5.58. The molecule has 1 aromatic carbocycles. The van der Waals surface area contributed by atoms with Gasteiger partial charge < -0.3 is 5.32 Å². The molecule has 0 unspecified atom stereocenters. The van der Waals surface area contributed by atoms with E-state index in [2.05, 4.69) is 48.4 Å². The Morgan fingerprint density at radius 3 is 2.69 bits per heavy atom. The van der Waals surface area contributed by atoms with Crippen LogP contribution in [-0.2, 0) is 30.5 Å². The summed E-state index contributed by atoms with van der Waals surface area (Å²) in [7, 11) is 0. The average molecular weight is 559 g/mol. The van der Waals surface area contributed by atoms with Crippen LogP contribution in [-0.4, -0.2) is 42.3 Å². The van der Waals surface area contributed by atoms with Gasteiger partial charge in [-0.1, -0.05) is 55.9 Å². The third-order valence-corrected chi connectivity index (χ3v) is 9.45. The SMILES string of the molecule is CC(C)Cc1nc2sc3c(ncn4c(SCC(=O)N[C@@H](C)CCc5ccccc5)nnc34)c2c2c1CCCC2. The quantitative estimate of drug-likeness (QED) is 0.217. The Hall–Kier alpha value is -3.04. The molecule has 0 spiro atoms. The lowest BCUT2D eigenvalue weighted by molar-refractivity contribution is -0.119. The van der Waals surface area contributed by atoms with Crippen LogP contribution in [0.15, 0.2) is 41.8 Å². The molecule has 39 heavy (non-hydrogen) atoms. The maximum atomic E-state index is 12.7. The van der Waals surface area contributed by atoms with Crippen LogP contribution in [0.25, 0.3) is 26.1 Å². The van der Waals surface area contributed by atoms with Crippen LogP contribution in [0.3, 0.4) is 0 Å². The first kappa shape index (κ1) is 26.2. The lowest BCUT2D eigenvalue weighted by Gasteiger charge is -2.20. The minimum atomic E-state index is 0.00159. The number of carbonyl (C=O) groups is 1. The second kappa shape index (κ2) is 11.2. The van der Waals surface area contributed by atoms with Crippen LogP contribution in [0.1, 0.15) is 62.4 Å². The van der Waals surface area contributed by atoms with Gasteiger partial charge in [-0.25, -0.2) is 9.97 Å². The summed E-state index contributed by atoms with van der Waals surface area (Å²) in [5, 5.41) is 14.0. The number of hydrogen-bond donors (Lipinski definition) is 1. The van der Waals surface area contributed by atoms with Crippen molar-refractivity contribution in [1.29, 1.82) is 0 Å². The Balaban J connectivity index is 1.21. The first-order chi connectivity index (χ1) is 19.0. The largest absolute Gasteiger partial charge is 0.353 e. The van der Waals surface area contributed by atoms with E-state index in [-0.39, 0.29) is 17.7 Å². The molecule has 6 rings (SSSR count). The Morgan fingerprint density at radius 1 is 1.10 bits per heavy atom. The molecule has 0 bridgehead atoms. The molecule has 202 valence electrons. The highest BCUT2D eigenvalue weighted by atomic mass is 32.2.